The van der Waals surface area contributed by atoms with Crippen LogP contribution in [0, 0.1) is 0 Å². The van der Waals surface area contributed by atoms with E-state index in [4.69, 9.17) is 0 Å². The summed E-state index contributed by atoms with van der Waals surface area (Å²) < 4.78 is 0. The molecule has 3 nitrogen and oxygen atoms in total. The molecule has 1 fully saturated rings. The van der Waals surface area contributed by atoms with Crippen LogP contribution in [0.25, 0.3) is 0 Å². The first-order chi connectivity index (χ1) is 9.22. The second kappa shape index (κ2) is 6.71. The summed E-state index contributed by atoms with van der Waals surface area (Å²) in [5.41, 5.74) is 1.93. The number of carbonyl (C=O) groups excluding carboxylic acids is 1. The highest BCUT2D eigenvalue weighted by atomic mass is 16.1. The van der Waals surface area contributed by atoms with Crippen LogP contribution in [0.15, 0.2) is 24.3 Å². The Bertz CT molecular complexity index is 413. The van der Waals surface area contributed by atoms with E-state index in [1.54, 1.807) is 0 Å². The second-order valence-electron chi connectivity index (χ2n) is 5.23. The largest absolute Gasteiger partial charge is 0.381 e. The highest BCUT2D eigenvalue weighted by molar-refractivity contribution is 5.96. The van der Waals surface area contributed by atoms with Crippen molar-refractivity contribution in [1.82, 2.24) is 4.90 Å². The van der Waals surface area contributed by atoms with E-state index in [9.17, 15) is 4.79 Å². The fourth-order valence-electron chi connectivity index (χ4n) is 2.65. The van der Waals surface area contributed by atoms with Gasteiger partial charge in [0.2, 0.25) is 0 Å². The lowest BCUT2D eigenvalue weighted by molar-refractivity contribution is 0.0988. The number of rotatable bonds is 5. The monoisotopic (exact) mass is 260 g/mol. The summed E-state index contributed by atoms with van der Waals surface area (Å²) in [6.07, 6.45) is 3.06. The summed E-state index contributed by atoms with van der Waals surface area (Å²) in [5.74, 6) is 0.210. The molecule has 1 aromatic rings. The lowest BCUT2D eigenvalue weighted by atomic mass is 10.0. The Hall–Kier alpha value is -1.35. The number of hydrogen-bond acceptors (Lipinski definition) is 3. The lowest BCUT2D eigenvalue weighted by Gasteiger charge is -2.32. The molecule has 1 atom stereocenters. The molecule has 1 unspecified atom stereocenters. The molecular formula is C16H24N2O. The smallest absolute Gasteiger partial charge is 0.162 e. The fourth-order valence-corrected chi connectivity index (χ4v) is 2.65. The van der Waals surface area contributed by atoms with E-state index < -0.39 is 0 Å². The predicted octanol–water partition coefficient (Wildman–Crippen LogP) is 3.18. The molecular weight excluding hydrogens is 236 g/mol. The van der Waals surface area contributed by atoms with Crippen molar-refractivity contribution in [3.05, 3.63) is 29.8 Å². The first-order valence-corrected chi connectivity index (χ1v) is 7.35. The maximum atomic E-state index is 11.6. The molecule has 104 valence electrons. The van der Waals surface area contributed by atoms with Gasteiger partial charge in [0.1, 0.15) is 0 Å². The Morgan fingerprint density at radius 2 is 2.05 bits per heavy atom. The molecule has 0 saturated carbocycles. The quantitative estimate of drug-likeness (QED) is 0.825. The molecule has 1 aliphatic heterocycles. The van der Waals surface area contributed by atoms with Crippen molar-refractivity contribution in [1.29, 1.82) is 0 Å². The summed E-state index contributed by atoms with van der Waals surface area (Å²) >= 11 is 0. The molecule has 0 amide bonds. The molecule has 0 radical (unpaired) electrons. The SMILES string of the molecule is CCC(=O)c1ccc(NC2CCCN(CC)C2)cc1. The van der Waals surface area contributed by atoms with Crippen molar-refractivity contribution < 1.29 is 4.79 Å². The number of Topliss-reactive ketones (excluding diaryl/α,β-unsaturated/α-hetero) is 1. The molecule has 1 saturated heterocycles. The number of nitrogens with zero attached hydrogens (tertiary/aromatic N) is 1. The molecule has 1 aromatic carbocycles. The number of ketones is 1. The summed E-state index contributed by atoms with van der Waals surface area (Å²) in [7, 11) is 0. The molecule has 1 heterocycles. The molecule has 0 bridgehead atoms. The Labute approximate surface area is 116 Å². The topological polar surface area (TPSA) is 32.3 Å². The molecule has 0 aromatic heterocycles. The number of piperidine rings is 1. The zero-order valence-corrected chi connectivity index (χ0v) is 12.0. The molecule has 1 N–H and O–H groups in total. The first-order valence-electron chi connectivity index (χ1n) is 7.35. The maximum Gasteiger partial charge on any atom is 0.162 e. The van der Waals surface area contributed by atoms with Gasteiger partial charge in [0.15, 0.2) is 5.78 Å². The van der Waals surface area contributed by atoms with Crippen molar-refractivity contribution in [3.8, 4) is 0 Å². The summed E-state index contributed by atoms with van der Waals surface area (Å²) in [4.78, 5) is 14.1. The van der Waals surface area contributed by atoms with E-state index in [0.717, 1.165) is 24.3 Å². The van der Waals surface area contributed by atoms with E-state index in [1.165, 1.54) is 19.4 Å². The van der Waals surface area contributed by atoms with E-state index in [2.05, 4.69) is 17.1 Å². The Morgan fingerprint density at radius 1 is 1.32 bits per heavy atom. The summed E-state index contributed by atoms with van der Waals surface area (Å²) in [6, 6.07) is 8.42. The minimum Gasteiger partial charge on any atom is -0.381 e. The van der Waals surface area contributed by atoms with Crippen LogP contribution >= 0.6 is 0 Å². The third-order valence-electron chi connectivity index (χ3n) is 3.85. The van der Waals surface area contributed by atoms with Crippen LogP contribution in [-0.4, -0.2) is 36.4 Å². The van der Waals surface area contributed by atoms with Gasteiger partial charge in [0, 0.05) is 30.3 Å². The van der Waals surface area contributed by atoms with Gasteiger partial charge in [-0.15, -0.1) is 0 Å². The number of nitrogens with one attached hydrogen (secondary N) is 1. The Morgan fingerprint density at radius 3 is 2.68 bits per heavy atom. The average molecular weight is 260 g/mol. The van der Waals surface area contributed by atoms with Crippen molar-refractivity contribution in [3.63, 3.8) is 0 Å². The molecule has 0 spiro atoms. The van der Waals surface area contributed by atoms with Gasteiger partial charge in [0.05, 0.1) is 0 Å². The first kappa shape index (κ1) is 14.1. The zero-order chi connectivity index (χ0) is 13.7. The number of benzene rings is 1. The number of likely N-dealkylation sites (tertiary alicyclic amines) is 1. The van der Waals surface area contributed by atoms with Gasteiger partial charge in [-0.05, 0) is 50.2 Å². The molecule has 1 aliphatic rings. The van der Waals surface area contributed by atoms with Gasteiger partial charge in [-0.2, -0.15) is 0 Å². The van der Waals surface area contributed by atoms with Crippen LogP contribution < -0.4 is 5.32 Å². The van der Waals surface area contributed by atoms with E-state index >= 15 is 0 Å². The van der Waals surface area contributed by atoms with Crippen molar-refractivity contribution in [2.24, 2.45) is 0 Å². The second-order valence-corrected chi connectivity index (χ2v) is 5.23. The van der Waals surface area contributed by atoms with Crippen molar-refractivity contribution in [2.75, 3.05) is 25.0 Å². The standard InChI is InChI=1S/C16H24N2O/c1-3-16(19)13-7-9-14(10-8-13)17-15-6-5-11-18(4-2)12-15/h7-10,15,17H,3-6,11-12H2,1-2H3. The van der Waals surface area contributed by atoms with Crippen molar-refractivity contribution in [2.45, 2.75) is 39.2 Å². The van der Waals surface area contributed by atoms with Crippen LogP contribution in [-0.2, 0) is 0 Å². The van der Waals surface area contributed by atoms with Crippen LogP contribution in [0.5, 0.6) is 0 Å². The summed E-state index contributed by atoms with van der Waals surface area (Å²) in [6.45, 7) is 7.58. The average Bonchev–Trinajstić information content (AvgIpc) is 2.47. The highest BCUT2D eigenvalue weighted by Gasteiger charge is 2.18. The fraction of sp³-hybridized carbons (Fsp3) is 0.562. The van der Waals surface area contributed by atoms with E-state index in [-0.39, 0.29) is 5.78 Å². The summed E-state index contributed by atoms with van der Waals surface area (Å²) in [5, 5.41) is 3.58. The molecule has 0 aliphatic carbocycles. The maximum absolute atomic E-state index is 11.6. The van der Waals surface area contributed by atoms with Gasteiger partial charge in [-0.25, -0.2) is 0 Å². The third kappa shape index (κ3) is 3.80. The number of hydrogen-bond donors (Lipinski definition) is 1. The molecule has 19 heavy (non-hydrogen) atoms. The third-order valence-corrected chi connectivity index (χ3v) is 3.85. The van der Waals surface area contributed by atoms with E-state index in [0.29, 0.717) is 12.5 Å². The van der Waals surface area contributed by atoms with Crippen LogP contribution in [0.2, 0.25) is 0 Å². The highest BCUT2D eigenvalue weighted by Crippen LogP contribution is 2.17. The zero-order valence-electron chi connectivity index (χ0n) is 12.0. The van der Waals surface area contributed by atoms with E-state index in [1.807, 2.05) is 31.2 Å². The van der Waals surface area contributed by atoms with Crippen LogP contribution in [0.4, 0.5) is 5.69 Å². The van der Waals surface area contributed by atoms with Crippen LogP contribution in [0.1, 0.15) is 43.5 Å². The minimum atomic E-state index is 0.210. The van der Waals surface area contributed by atoms with Crippen LogP contribution in [0.3, 0.4) is 0 Å². The number of anilines is 1. The normalized spacial score (nSPS) is 20.2. The molecule has 2 rings (SSSR count). The molecule has 3 heteroatoms. The Balaban J connectivity index is 1.94. The number of likely N-dealkylation sites (N-methyl/N-ethyl adjacent to an activating group) is 1. The van der Waals surface area contributed by atoms with Gasteiger partial charge in [-0.3, -0.25) is 4.79 Å². The lowest BCUT2D eigenvalue weighted by Crippen LogP contribution is -2.41. The van der Waals surface area contributed by atoms with Gasteiger partial charge in [0.25, 0.3) is 0 Å². The van der Waals surface area contributed by atoms with Crippen molar-refractivity contribution >= 4 is 11.5 Å². The Kier molecular flexibility index (Phi) is 4.97. The van der Waals surface area contributed by atoms with Gasteiger partial charge < -0.3 is 10.2 Å². The van der Waals surface area contributed by atoms with Gasteiger partial charge >= 0.3 is 0 Å². The van der Waals surface area contributed by atoms with Gasteiger partial charge in [-0.1, -0.05) is 13.8 Å². The predicted molar refractivity (Wildman–Crippen MR) is 79.8 cm³/mol. The number of carbonyl (C=O) groups is 1. The minimum absolute atomic E-state index is 0.210.